The summed E-state index contributed by atoms with van der Waals surface area (Å²) in [6.07, 6.45) is 7.71. The van der Waals surface area contributed by atoms with Gasteiger partial charge in [0.25, 0.3) is 0 Å². The van der Waals surface area contributed by atoms with Crippen LogP contribution in [0.1, 0.15) is 36.9 Å². The van der Waals surface area contributed by atoms with Gasteiger partial charge in [0, 0.05) is 38.4 Å². The number of aliphatic imine (C=N–C) groups is 1. The van der Waals surface area contributed by atoms with Gasteiger partial charge in [-0.3, -0.25) is 9.98 Å². The van der Waals surface area contributed by atoms with E-state index >= 15 is 0 Å². The number of hydrogen-bond acceptors (Lipinski definition) is 4. The lowest BCUT2D eigenvalue weighted by atomic mass is 10.2. The molecular formula is C22H31IN4O2. The first-order valence-corrected chi connectivity index (χ1v) is 9.96. The standard InChI is InChI=1S/C22H30N4O2.HI/c1-23-22(25-14-12-18-7-5-6-13-24-18)26-16-17-10-11-20(27-2)21(15-17)28-19-8-3-4-9-19;/h5-7,10-11,13,15,19H,3-4,8-9,12,14,16H2,1-2H3,(H2,23,25,26);1H. The van der Waals surface area contributed by atoms with Gasteiger partial charge in [-0.2, -0.15) is 0 Å². The number of benzene rings is 1. The second kappa shape index (κ2) is 12.5. The fourth-order valence-corrected chi connectivity index (χ4v) is 3.37. The average molecular weight is 510 g/mol. The Bertz CT molecular complexity index is 765. The Morgan fingerprint density at radius 3 is 2.66 bits per heavy atom. The van der Waals surface area contributed by atoms with Crippen LogP contribution in [0, 0.1) is 0 Å². The lowest BCUT2D eigenvalue weighted by Gasteiger charge is -2.17. The van der Waals surface area contributed by atoms with Crippen molar-refractivity contribution in [1.29, 1.82) is 0 Å². The molecule has 158 valence electrons. The molecule has 6 nitrogen and oxygen atoms in total. The number of ether oxygens (including phenoxy) is 2. The Kier molecular flexibility index (Phi) is 10.0. The number of nitrogens with zero attached hydrogens (tertiary/aromatic N) is 2. The summed E-state index contributed by atoms with van der Waals surface area (Å²) in [7, 11) is 3.46. The van der Waals surface area contributed by atoms with Crippen LogP contribution in [0.4, 0.5) is 0 Å². The second-order valence-electron chi connectivity index (χ2n) is 6.93. The van der Waals surface area contributed by atoms with Crippen molar-refractivity contribution in [2.24, 2.45) is 4.99 Å². The molecule has 0 atom stereocenters. The van der Waals surface area contributed by atoms with Crippen molar-refractivity contribution in [3.05, 3.63) is 53.9 Å². The largest absolute Gasteiger partial charge is 0.493 e. The van der Waals surface area contributed by atoms with Gasteiger partial charge in [-0.25, -0.2) is 0 Å². The van der Waals surface area contributed by atoms with Gasteiger partial charge in [-0.1, -0.05) is 12.1 Å². The van der Waals surface area contributed by atoms with Crippen molar-refractivity contribution in [2.75, 3.05) is 20.7 Å². The van der Waals surface area contributed by atoms with E-state index in [1.807, 2.05) is 30.5 Å². The van der Waals surface area contributed by atoms with Gasteiger partial charge in [-0.15, -0.1) is 24.0 Å². The van der Waals surface area contributed by atoms with Crippen molar-refractivity contribution in [3.63, 3.8) is 0 Å². The number of halogens is 1. The van der Waals surface area contributed by atoms with Gasteiger partial charge in [0.1, 0.15) is 0 Å². The van der Waals surface area contributed by atoms with Crippen LogP contribution in [-0.2, 0) is 13.0 Å². The maximum Gasteiger partial charge on any atom is 0.191 e. The molecule has 1 aromatic carbocycles. The number of methoxy groups -OCH3 is 1. The zero-order chi connectivity index (χ0) is 19.6. The predicted molar refractivity (Wildman–Crippen MR) is 127 cm³/mol. The van der Waals surface area contributed by atoms with Crippen LogP contribution in [0.2, 0.25) is 0 Å². The summed E-state index contributed by atoms with van der Waals surface area (Å²) in [5.41, 5.74) is 2.19. The molecule has 0 amide bonds. The number of guanidine groups is 1. The normalized spacial score (nSPS) is 14.2. The Morgan fingerprint density at radius 2 is 1.97 bits per heavy atom. The highest BCUT2D eigenvalue weighted by Crippen LogP contribution is 2.32. The molecular weight excluding hydrogens is 479 g/mol. The van der Waals surface area contributed by atoms with Crippen LogP contribution >= 0.6 is 24.0 Å². The molecule has 0 aliphatic heterocycles. The predicted octanol–water partition coefficient (Wildman–Crippen LogP) is 3.94. The van der Waals surface area contributed by atoms with E-state index in [2.05, 4.69) is 32.7 Å². The summed E-state index contributed by atoms with van der Waals surface area (Å²) in [6, 6.07) is 12.0. The van der Waals surface area contributed by atoms with Gasteiger partial charge in [0.2, 0.25) is 0 Å². The topological polar surface area (TPSA) is 67.8 Å². The number of aromatic nitrogens is 1. The first-order valence-electron chi connectivity index (χ1n) is 9.96. The van der Waals surface area contributed by atoms with E-state index in [-0.39, 0.29) is 24.0 Å². The minimum absolute atomic E-state index is 0. The Hall–Kier alpha value is -2.03. The van der Waals surface area contributed by atoms with Gasteiger partial charge >= 0.3 is 0 Å². The third-order valence-corrected chi connectivity index (χ3v) is 4.91. The molecule has 1 fully saturated rings. The quantitative estimate of drug-likeness (QED) is 0.320. The lowest BCUT2D eigenvalue weighted by Crippen LogP contribution is -2.37. The minimum Gasteiger partial charge on any atom is -0.493 e. The highest BCUT2D eigenvalue weighted by Gasteiger charge is 2.18. The Labute approximate surface area is 190 Å². The van der Waals surface area contributed by atoms with Crippen LogP contribution in [0.25, 0.3) is 0 Å². The Balaban J connectivity index is 0.00000300. The van der Waals surface area contributed by atoms with Gasteiger partial charge < -0.3 is 20.1 Å². The van der Waals surface area contributed by atoms with Gasteiger partial charge in [0.05, 0.1) is 13.2 Å². The molecule has 0 spiro atoms. The molecule has 2 aromatic rings. The van der Waals surface area contributed by atoms with E-state index in [4.69, 9.17) is 9.47 Å². The van der Waals surface area contributed by atoms with E-state index < -0.39 is 0 Å². The molecule has 1 saturated carbocycles. The summed E-state index contributed by atoms with van der Waals surface area (Å²) >= 11 is 0. The van der Waals surface area contributed by atoms with Crippen LogP contribution in [0.5, 0.6) is 11.5 Å². The van der Waals surface area contributed by atoms with Crippen LogP contribution in [0.3, 0.4) is 0 Å². The van der Waals surface area contributed by atoms with Crippen molar-refractivity contribution < 1.29 is 9.47 Å². The van der Waals surface area contributed by atoms with E-state index in [0.29, 0.717) is 12.6 Å². The third kappa shape index (κ3) is 7.38. The molecule has 1 aromatic heterocycles. The van der Waals surface area contributed by atoms with Gasteiger partial charge in [-0.05, 0) is 55.5 Å². The number of nitrogens with one attached hydrogen (secondary N) is 2. The monoisotopic (exact) mass is 510 g/mol. The molecule has 0 radical (unpaired) electrons. The number of hydrogen-bond donors (Lipinski definition) is 2. The van der Waals surface area contributed by atoms with E-state index in [1.54, 1.807) is 14.2 Å². The highest BCUT2D eigenvalue weighted by molar-refractivity contribution is 14.0. The van der Waals surface area contributed by atoms with Crippen LogP contribution < -0.4 is 20.1 Å². The molecule has 1 aliphatic carbocycles. The molecule has 1 heterocycles. The Morgan fingerprint density at radius 1 is 1.14 bits per heavy atom. The van der Waals surface area contributed by atoms with Crippen LogP contribution in [-0.4, -0.2) is 37.7 Å². The van der Waals surface area contributed by atoms with Crippen LogP contribution in [0.15, 0.2) is 47.6 Å². The SMILES string of the molecule is CN=C(NCCc1ccccn1)NCc1ccc(OC)c(OC2CCCC2)c1.I. The summed E-state index contributed by atoms with van der Waals surface area (Å²) in [5, 5.41) is 6.68. The molecule has 0 unspecified atom stereocenters. The molecule has 3 rings (SSSR count). The smallest absolute Gasteiger partial charge is 0.191 e. The first kappa shape index (κ1) is 23.3. The van der Waals surface area contributed by atoms with Crippen molar-refractivity contribution in [3.8, 4) is 11.5 Å². The molecule has 2 N–H and O–H groups in total. The van der Waals surface area contributed by atoms with E-state index in [1.165, 1.54) is 12.8 Å². The molecule has 29 heavy (non-hydrogen) atoms. The van der Waals surface area contributed by atoms with E-state index in [9.17, 15) is 0 Å². The minimum atomic E-state index is 0. The number of rotatable bonds is 8. The first-order chi connectivity index (χ1) is 13.8. The van der Waals surface area contributed by atoms with Crippen molar-refractivity contribution in [1.82, 2.24) is 15.6 Å². The summed E-state index contributed by atoms with van der Waals surface area (Å²) in [6.45, 7) is 1.43. The molecule has 0 saturated heterocycles. The summed E-state index contributed by atoms with van der Waals surface area (Å²) in [5.74, 6) is 2.38. The second-order valence-corrected chi connectivity index (χ2v) is 6.93. The van der Waals surface area contributed by atoms with Crippen molar-refractivity contribution in [2.45, 2.75) is 44.8 Å². The molecule has 7 heteroatoms. The lowest BCUT2D eigenvalue weighted by molar-refractivity contribution is 0.200. The average Bonchev–Trinajstić information content (AvgIpc) is 3.24. The van der Waals surface area contributed by atoms with E-state index in [0.717, 1.165) is 54.5 Å². The third-order valence-electron chi connectivity index (χ3n) is 4.91. The maximum atomic E-state index is 6.18. The zero-order valence-electron chi connectivity index (χ0n) is 17.2. The highest BCUT2D eigenvalue weighted by atomic mass is 127. The maximum absolute atomic E-state index is 6.18. The molecule has 0 bridgehead atoms. The van der Waals surface area contributed by atoms with Crippen molar-refractivity contribution >= 4 is 29.9 Å². The summed E-state index contributed by atoms with van der Waals surface area (Å²) in [4.78, 5) is 8.63. The fourth-order valence-electron chi connectivity index (χ4n) is 3.37. The molecule has 1 aliphatic rings. The summed E-state index contributed by atoms with van der Waals surface area (Å²) < 4.78 is 11.6. The number of pyridine rings is 1. The fraction of sp³-hybridized carbons (Fsp3) is 0.455. The zero-order valence-corrected chi connectivity index (χ0v) is 19.5. The van der Waals surface area contributed by atoms with Gasteiger partial charge in [0.15, 0.2) is 17.5 Å².